The number of aromatic amines is 3. The van der Waals surface area contributed by atoms with Gasteiger partial charge >= 0.3 is 23.9 Å². The number of hydrogen-bond acceptors (Lipinski definition) is 23. The minimum atomic E-state index is -2.00. The van der Waals surface area contributed by atoms with Gasteiger partial charge in [-0.05, 0) is 73.4 Å². The van der Waals surface area contributed by atoms with Gasteiger partial charge in [-0.2, -0.15) is 0 Å². The number of para-hydroxylation sites is 3. The van der Waals surface area contributed by atoms with Crippen molar-refractivity contribution >= 4 is 163 Å². The summed E-state index contributed by atoms with van der Waals surface area (Å²) in [7, 11) is 0. The second-order valence-electron chi connectivity index (χ2n) is 31.1. The topological polar surface area (TPSA) is 780 Å². The number of aliphatic carboxylic acids is 4. The van der Waals surface area contributed by atoms with Gasteiger partial charge in [-0.3, -0.25) is 105 Å². The lowest BCUT2D eigenvalue weighted by atomic mass is 9.99. The number of H-pyrrole nitrogens is 3. The first-order valence-electron chi connectivity index (χ1n) is 40.7. The number of rotatable bonds is 44. The van der Waals surface area contributed by atoms with Gasteiger partial charge in [0, 0.05) is 96.5 Å². The monoisotopic (exact) mass is 1800 g/mol. The summed E-state index contributed by atoms with van der Waals surface area (Å²) in [4.78, 5) is 309. The fraction of sp³-hybridized carbons (Fsp3) is 0.432. The second-order valence-corrected chi connectivity index (χ2v) is 31.1. The molecule has 8 rings (SSSR count). The van der Waals surface area contributed by atoms with E-state index in [-0.39, 0.29) is 25.8 Å². The Morgan fingerprint density at radius 1 is 0.473 bits per heavy atom. The van der Waals surface area contributed by atoms with Gasteiger partial charge in [-0.1, -0.05) is 68.4 Å². The van der Waals surface area contributed by atoms with Crippen molar-refractivity contribution in [2.24, 2.45) is 28.9 Å². The van der Waals surface area contributed by atoms with E-state index >= 15 is 0 Å². The average Bonchev–Trinajstić information content (AvgIpc) is 1.70. The predicted molar refractivity (Wildman–Crippen MR) is 448 cm³/mol. The van der Waals surface area contributed by atoms with Gasteiger partial charge in [0.15, 0.2) is 0 Å². The summed E-state index contributed by atoms with van der Waals surface area (Å²) in [5.41, 5.74) is 25.2. The van der Waals surface area contributed by atoms with Crippen molar-refractivity contribution in [1.82, 2.24) is 94.3 Å². The van der Waals surface area contributed by atoms with Crippen LogP contribution in [-0.4, -0.2) is 275 Å². The lowest BCUT2D eigenvalue weighted by Gasteiger charge is -2.31. The molecule has 129 heavy (non-hydrogen) atoms. The fourth-order valence-electron chi connectivity index (χ4n) is 14.3. The molecule has 48 nitrogen and oxygen atoms in total. The zero-order chi connectivity index (χ0) is 94.8. The van der Waals surface area contributed by atoms with Crippen molar-refractivity contribution in [3.63, 3.8) is 0 Å². The van der Waals surface area contributed by atoms with Crippen molar-refractivity contribution in [2.75, 3.05) is 19.6 Å². The van der Waals surface area contributed by atoms with Crippen molar-refractivity contribution in [3.8, 4) is 0 Å². The molecule has 14 atom stereocenters. The van der Waals surface area contributed by atoms with E-state index in [1.54, 1.807) is 72.8 Å². The maximum absolute atomic E-state index is 14.8. The van der Waals surface area contributed by atoms with E-state index in [9.17, 15) is 121 Å². The van der Waals surface area contributed by atoms with Gasteiger partial charge in [0.05, 0.1) is 44.7 Å². The number of carbonyl (C=O) groups excluding carboxylic acids is 18. The molecule has 0 bridgehead atoms. The van der Waals surface area contributed by atoms with Crippen LogP contribution < -0.4 is 97.4 Å². The van der Waals surface area contributed by atoms with Crippen LogP contribution in [0.1, 0.15) is 108 Å². The Balaban J connectivity index is 1.00. The molecule has 3 aromatic carbocycles. The van der Waals surface area contributed by atoms with Crippen LogP contribution in [0.2, 0.25) is 0 Å². The van der Waals surface area contributed by atoms with Crippen LogP contribution in [0, 0.1) is 5.92 Å². The second kappa shape index (κ2) is 46.0. The largest absolute Gasteiger partial charge is 0.481 e. The van der Waals surface area contributed by atoms with Crippen LogP contribution in [0.25, 0.3) is 32.7 Å². The standard InChI is InChI=1S/C81H102N22O26/c1-36(2)67(80(128)99-55(30-66(114)115)76(124)93-48(68(85)116)18-20-63(108)109)102-77(125)52(25-40-33-88-47-16-9-6-13-43(40)47)97-74(122)53(27-59(83)104)92-62(107)35-90-71(119)50(23-38-31-86-45-14-7-4-11-41(38)45)96-72(120)49(19-21-64(110)111)94-78(126)57-34-89-61(106)29-56(81(129)103-22-10-17-58(103)79(127)91-37(3)69(117)101-57)100-75(123)54(28-60(84)105)98-73(121)51(95-70(118)44(82)26-65(112)113)24-39-32-87-46-15-8-5-12-42(39)46/h4-9,11-16,31-33,36-37,44,48-58,67,86-88H,10,17-30,34-35,82H2,1-3H3,(H2,83,104)(H2,84,105)(H2,85,116)(H,89,106)(H,90,119)(H,91,127)(H,92,107)(H,93,124)(H,94,126)(H,95,118)(H,96,120)(H,97,122)(H,98,121)(H,99,128)(H,100,123)(H,101,117)(H,102,125)(H,108,109)(H,110,111)(H,112,113)(H,114,115)/t37-,44-,48-,49-,50-,51-,52-,53-,54-,55-,56?,57-,58-,67-/m0/s1. The molecule has 2 saturated heterocycles. The molecule has 692 valence electrons. The van der Waals surface area contributed by atoms with Crippen molar-refractivity contribution < 1.29 is 126 Å². The quantitative estimate of drug-likeness (QED) is 0.0169. The minimum absolute atomic E-state index is 0.0405. The van der Waals surface area contributed by atoms with Crippen LogP contribution in [-0.2, 0) is 125 Å². The maximum atomic E-state index is 14.8. The van der Waals surface area contributed by atoms with E-state index in [0.717, 1.165) is 4.90 Å². The number of carbonyl (C=O) groups is 22. The molecule has 6 aromatic rings. The Morgan fingerprint density at radius 3 is 1.40 bits per heavy atom. The molecule has 2 aliphatic heterocycles. The van der Waals surface area contributed by atoms with Crippen LogP contribution >= 0.6 is 0 Å². The lowest BCUT2D eigenvalue weighted by Crippen LogP contribution is -2.62. The van der Waals surface area contributed by atoms with Gasteiger partial charge in [0.1, 0.15) is 78.5 Å². The molecule has 3 aromatic heterocycles. The number of fused-ring (bicyclic) bond motifs is 4. The predicted octanol–water partition coefficient (Wildman–Crippen LogP) is -7.48. The molecule has 0 radical (unpaired) electrons. The van der Waals surface area contributed by atoms with E-state index in [4.69, 9.17) is 28.0 Å². The fourth-order valence-corrected chi connectivity index (χ4v) is 14.3. The Bertz CT molecular complexity index is 5300. The molecule has 29 N–H and O–H groups in total. The number of nitrogens with zero attached hydrogens (tertiary/aromatic N) is 1. The number of nitrogens with two attached hydrogens (primary N) is 4. The summed E-state index contributed by atoms with van der Waals surface area (Å²) >= 11 is 0. The zero-order valence-electron chi connectivity index (χ0n) is 69.9. The highest BCUT2D eigenvalue weighted by Gasteiger charge is 2.43. The van der Waals surface area contributed by atoms with E-state index in [2.05, 4.69) is 89.4 Å². The molecule has 48 heteroatoms. The highest BCUT2D eigenvalue weighted by molar-refractivity contribution is 6.04. The summed E-state index contributed by atoms with van der Waals surface area (Å²) in [5, 5.41) is 72.8. The normalized spacial score (nSPS) is 17.7. The molecule has 2 fully saturated rings. The molecule has 0 aliphatic carbocycles. The Kier molecular flexibility index (Phi) is 35.3. The maximum Gasteiger partial charge on any atom is 0.305 e. The molecule has 0 saturated carbocycles. The van der Waals surface area contributed by atoms with Gasteiger partial charge < -0.3 is 138 Å². The Labute approximate surface area is 732 Å². The zero-order valence-corrected chi connectivity index (χ0v) is 69.9. The summed E-state index contributed by atoms with van der Waals surface area (Å²) in [6.07, 6.45) is -4.41. The molecule has 5 heterocycles. The number of aromatic nitrogens is 3. The van der Waals surface area contributed by atoms with Crippen molar-refractivity contribution in [2.45, 2.75) is 195 Å². The first-order chi connectivity index (χ1) is 61.0. The third-order valence-electron chi connectivity index (χ3n) is 21.0. The van der Waals surface area contributed by atoms with Crippen LogP contribution in [0.4, 0.5) is 0 Å². The molecule has 18 amide bonds. The van der Waals surface area contributed by atoms with E-state index in [0.29, 0.717) is 49.4 Å². The highest BCUT2D eigenvalue weighted by Crippen LogP contribution is 2.25. The van der Waals surface area contributed by atoms with Crippen molar-refractivity contribution in [1.29, 1.82) is 0 Å². The Hall–Kier alpha value is -15.4. The van der Waals surface area contributed by atoms with Crippen molar-refractivity contribution in [3.05, 3.63) is 108 Å². The van der Waals surface area contributed by atoms with Crippen LogP contribution in [0.3, 0.4) is 0 Å². The van der Waals surface area contributed by atoms with Crippen LogP contribution in [0.5, 0.6) is 0 Å². The van der Waals surface area contributed by atoms with E-state index in [1.807, 2.05) is 0 Å². The number of benzene rings is 3. The first kappa shape index (κ1) is 99.0. The number of primary amides is 3. The molecule has 2 aliphatic rings. The Morgan fingerprint density at radius 2 is 0.907 bits per heavy atom. The molecule has 1 unspecified atom stereocenters. The number of amides is 18. The lowest BCUT2D eigenvalue weighted by molar-refractivity contribution is -0.144. The third kappa shape index (κ3) is 28.8. The average molecular weight is 1800 g/mol. The smallest absolute Gasteiger partial charge is 0.305 e. The van der Waals surface area contributed by atoms with Gasteiger partial charge in [0.2, 0.25) is 106 Å². The molecule has 0 spiro atoms. The molecular formula is C81H102N22O26. The van der Waals surface area contributed by atoms with Gasteiger partial charge in [-0.15, -0.1) is 0 Å². The SMILES string of the molecule is CC(C)[C@H](NC(=O)[C@H](Cc1c[nH]c2ccccc12)NC(=O)[C@H](CC(N)=O)NC(=O)CNC(=O)[C@H](Cc1c[nH]c2ccccc12)NC(=O)[C@H](CCC(=O)O)NC(=O)[C@@H]1CNC(=O)CC(NC(=O)[C@H](CC(N)=O)NC(=O)[C@H](Cc2c[nH]c3ccccc23)NC(=O)[C@@H](N)CC(=O)O)C(=O)N2CCC[C@H]2C(=O)N[C@@H](C)C(=O)N1)C(=O)N[C@@H](CC(=O)O)C(=O)N[C@@H](CCC(=O)O)C(N)=O. The minimum Gasteiger partial charge on any atom is -0.481 e. The number of nitrogens with one attached hydrogen (secondary N) is 17. The van der Waals surface area contributed by atoms with Crippen LogP contribution in [0.15, 0.2) is 91.4 Å². The summed E-state index contributed by atoms with van der Waals surface area (Å²) < 4.78 is 0. The van der Waals surface area contributed by atoms with Gasteiger partial charge in [0.25, 0.3) is 0 Å². The third-order valence-corrected chi connectivity index (χ3v) is 21.0. The van der Waals surface area contributed by atoms with E-state index in [1.165, 1.54) is 39.4 Å². The molecular weight excluding hydrogens is 1700 g/mol. The number of carboxylic acids is 4. The number of carboxylic acid groups (broad SMARTS) is 4. The van der Waals surface area contributed by atoms with E-state index < -0.39 is 304 Å². The summed E-state index contributed by atoms with van der Waals surface area (Å²) in [6.45, 7) is 1.87. The number of hydrogen-bond donors (Lipinski definition) is 25. The summed E-state index contributed by atoms with van der Waals surface area (Å²) in [5.74, 6) is -28.2. The highest BCUT2D eigenvalue weighted by atomic mass is 16.4. The first-order valence-corrected chi connectivity index (χ1v) is 40.7. The van der Waals surface area contributed by atoms with Gasteiger partial charge in [-0.25, -0.2) is 0 Å². The summed E-state index contributed by atoms with van der Waals surface area (Å²) in [6, 6.07) is -4.96.